The Morgan fingerprint density at radius 3 is 2.89 bits per heavy atom. The smallest absolute Gasteiger partial charge is 0.329 e. The van der Waals surface area contributed by atoms with E-state index >= 15 is 0 Å². The molecule has 0 bridgehead atoms. The van der Waals surface area contributed by atoms with Crippen LogP contribution >= 0.6 is 27.3 Å². The summed E-state index contributed by atoms with van der Waals surface area (Å²) < 4.78 is 33.9. The van der Waals surface area contributed by atoms with E-state index in [0.717, 1.165) is 9.17 Å². The summed E-state index contributed by atoms with van der Waals surface area (Å²) in [6.45, 7) is -1.68. The summed E-state index contributed by atoms with van der Waals surface area (Å²) in [6.07, 6.45) is 0. The van der Waals surface area contributed by atoms with Gasteiger partial charge in [-0.05, 0) is 22.0 Å². The number of hydrogen-bond donors (Lipinski definition) is 1. The van der Waals surface area contributed by atoms with Crippen LogP contribution < -0.4 is 0 Å². The van der Waals surface area contributed by atoms with Gasteiger partial charge in [-0.1, -0.05) is 12.1 Å². The minimum absolute atomic E-state index is 0.140. The van der Waals surface area contributed by atoms with Crippen molar-refractivity contribution in [3.05, 3.63) is 33.6 Å². The molecule has 0 aliphatic rings. The summed E-state index contributed by atoms with van der Waals surface area (Å²) in [6, 6.07) is 5.07. The van der Waals surface area contributed by atoms with Gasteiger partial charge in [0.1, 0.15) is 13.2 Å². The third-order valence-corrected chi connectivity index (χ3v) is 4.41. The number of benzene rings is 1. The van der Waals surface area contributed by atoms with Crippen molar-refractivity contribution in [2.45, 2.75) is 5.92 Å². The second kappa shape index (κ2) is 5.52. The number of thiophene rings is 1. The fourth-order valence-corrected chi connectivity index (χ4v) is 3.32. The Kier molecular flexibility index (Phi) is 4.17. The third kappa shape index (κ3) is 3.10. The molecule has 0 unspecified atom stereocenters. The predicted octanol–water partition coefficient (Wildman–Crippen LogP) is 3.86. The molecule has 0 spiro atoms. The molecule has 7 heteroatoms. The molecular formula is C12H9BrF2O3S. The molecule has 1 aromatic heterocycles. The lowest BCUT2D eigenvalue weighted by Crippen LogP contribution is -2.23. The van der Waals surface area contributed by atoms with Crippen LogP contribution in [0.15, 0.2) is 28.1 Å². The molecule has 3 nitrogen and oxygen atoms in total. The molecule has 1 heterocycles. The Labute approximate surface area is 119 Å². The van der Waals surface area contributed by atoms with Crippen molar-refractivity contribution in [1.29, 1.82) is 0 Å². The highest BCUT2D eigenvalue weighted by molar-refractivity contribution is 9.10. The van der Waals surface area contributed by atoms with Gasteiger partial charge in [0.2, 0.25) is 0 Å². The van der Waals surface area contributed by atoms with E-state index in [9.17, 15) is 13.6 Å². The normalized spacial score (nSPS) is 11.9. The maximum atomic E-state index is 14.0. The van der Waals surface area contributed by atoms with Gasteiger partial charge in [-0.2, -0.15) is 8.78 Å². The molecule has 2 rings (SSSR count). The van der Waals surface area contributed by atoms with E-state index in [1.165, 1.54) is 16.7 Å². The second-order valence-corrected chi connectivity index (χ2v) is 5.59. The zero-order chi connectivity index (χ0) is 14.0. The van der Waals surface area contributed by atoms with E-state index < -0.39 is 25.1 Å². The SMILES string of the molecule is O=C(O)COCC(F)(F)c1csc2c(Br)cccc12. The maximum absolute atomic E-state index is 14.0. The number of ether oxygens (including phenoxy) is 1. The summed E-state index contributed by atoms with van der Waals surface area (Å²) in [5.41, 5.74) is -0.140. The fraction of sp³-hybridized carbons (Fsp3) is 0.250. The van der Waals surface area contributed by atoms with E-state index in [2.05, 4.69) is 20.7 Å². The second-order valence-electron chi connectivity index (χ2n) is 3.86. The molecule has 0 saturated carbocycles. The molecule has 19 heavy (non-hydrogen) atoms. The number of halogens is 3. The molecule has 0 atom stereocenters. The quantitative estimate of drug-likeness (QED) is 0.890. The fourth-order valence-electron chi connectivity index (χ4n) is 1.65. The maximum Gasteiger partial charge on any atom is 0.329 e. The number of carboxylic acid groups (broad SMARTS) is 1. The van der Waals surface area contributed by atoms with E-state index in [-0.39, 0.29) is 5.56 Å². The van der Waals surface area contributed by atoms with E-state index in [4.69, 9.17) is 5.11 Å². The van der Waals surface area contributed by atoms with Crippen LogP contribution in [0, 0.1) is 0 Å². The monoisotopic (exact) mass is 350 g/mol. The van der Waals surface area contributed by atoms with Gasteiger partial charge in [0.05, 0.1) is 0 Å². The van der Waals surface area contributed by atoms with E-state index in [1.807, 2.05) is 0 Å². The Morgan fingerprint density at radius 2 is 2.21 bits per heavy atom. The third-order valence-electron chi connectivity index (χ3n) is 2.45. The Morgan fingerprint density at radius 1 is 1.47 bits per heavy atom. The molecule has 2 aromatic rings. The van der Waals surface area contributed by atoms with Gasteiger partial charge in [0.15, 0.2) is 0 Å². The standard InChI is InChI=1S/C12H9BrF2O3S/c13-9-3-1-2-7-8(5-19-11(7)9)12(14,15)6-18-4-10(16)17/h1-3,5H,4,6H2,(H,16,17). The van der Waals surface area contributed by atoms with Crippen molar-refractivity contribution >= 4 is 43.3 Å². The Bertz CT molecular complexity index is 612. The van der Waals surface area contributed by atoms with Crippen LogP contribution in [-0.4, -0.2) is 24.3 Å². The lowest BCUT2D eigenvalue weighted by Gasteiger charge is -2.15. The first-order valence-corrected chi connectivity index (χ1v) is 6.92. The average Bonchev–Trinajstić information content (AvgIpc) is 2.74. The van der Waals surface area contributed by atoms with Gasteiger partial charge in [0.25, 0.3) is 5.92 Å². The number of aliphatic carboxylic acids is 1. The number of hydrogen-bond acceptors (Lipinski definition) is 3. The number of fused-ring (bicyclic) bond motifs is 1. The van der Waals surface area contributed by atoms with Crippen LogP contribution in [0.1, 0.15) is 5.56 Å². The Balaban J connectivity index is 2.27. The largest absolute Gasteiger partial charge is 0.480 e. The molecular weight excluding hydrogens is 342 g/mol. The summed E-state index contributed by atoms with van der Waals surface area (Å²) in [4.78, 5) is 10.3. The highest BCUT2D eigenvalue weighted by atomic mass is 79.9. The van der Waals surface area contributed by atoms with Crippen molar-refractivity contribution < 1.29 is 23.4 Å². The van der Waals surface area contributed by atoms with Crippen LogP contribution in [0.25, 0.3) is 10.1 Å². The Hall–Kier alpha value is -1.05. The average molecular weight is 351 g/mol. The molecule has 0 aliphatic carbocycles. The van der Waals surface area contributed by atoms with Crippen molar-refractivity contribution in [1.82, 2.24) is 0 Å². The molecule has 1 N–H and O–H groups in total. The summed E-state index contributed by atoms with van der Waals surface area (Å²) in [5.74, 6) is -4.48. The van der Waals surface area contributed by atoms with Crippen LogP contribution in [0.3, 0.4) is 0 Å². The summed E-state index contributed by atoms with van der Waals surface area (Å²) >= 11 is 4.51. The number of rotatable bonds is 5. The zero-order valence-corrected chi connectivity index (χ0v) is 11.9. The highest BCUT2D eigenvalue weighted by Crippen LogP contribution is 2.40. The van der Waals surface area contributed by atoms with E-state index in [0.29, 0.717) is 5.39 Å². The first kappa shape index (κ1) is 14.4. The number of alkyl halides is 2. The molecule has 1 aromatic carbocycles. The zero-order valence-electron chi connectivity index (χ0n) is 9.53. The first-order valence-electron chi connectivity index (χ1n) is 5.25. The topological polar surface area (TPSA) is 46.5 Å². The van der Waals surface area contributed by atoms with Crippen LogP contribution in [0.5, 0.6) is 0 Å². The van der Waals surface area contributed by atoms with E-state index in [1.54, 1.807) is 18.2 Å². The van der Waals surface area contributed by atoms with Crippen LogP contribution in [0.2, 0.25) is 0 Å². The molecule has 0 amide bonds. The van der Waals surface area contributed by atoms with Crippen LogP contribution in [0.4, 0.5) is 8.78 Å². The number of carbonyl (C=O) groups is 1. The van der Waals surface area contributed by atoms with Crippen molar-refractivity contribution in [2.75, 3.05) is 13.2 Å². The number of carboxylic acids is 1. The minimum atomic E-state index is -3.21. The molecule has 0 aliphatic heterocycles. The highest BCUT2D eigenvalue weighted by Gasteiger charge is 2.35. The van der Waals surface area contributed by atoms with Crippen molar-refractivity contribution in [2.24, 2.45) is 0 Å². The van der Waals surface area contributed by atoms with Gasteiger partial charge in [0, 0.05) is 25.5 Å². The van der Waals surface area contributed by atoms with Gasteiger partial charge >= 0.3 is 5.97 Å². The van der Waals surface area contributed by atoms with Gasteiger partial charge in [-0.25, -0.2) is 4.79 Å². The minimum Gasteiger partial charge on any atom is -0.480 e. The molecule has 0 saturated heterocycles. The van der Waals surface area contributed by atoms with Crippen molar-refractivity contribution in [3.8, 4) is 0 Å². The predicted molar refractivity (Wildman–Crippen MR) is 71.9 cm³/mol. The van der Waals surface area contributed by atoms with Gasteiger partial charge in [-0.3, -0.25) is 0 Å². The van der Waals surface area contributed by atoms with Gasteiger partial charge < -0.3 is 9.84 Å². The lowest BCUT2D eigenvalue weighted by molar-refractivity contribution is -0.147. The summed E-state index contributed by atoms with van der Waals surface area (Å²) in [5, 5.41) is 10.2. The molecule has 0 radical (unpaired) electrons. The lowest BCUT2D eigenvalue weighted by atomic mass is 10.1. The first-order chi connectivity index (χ1) is 8.92. The van der Waals surface area contributed by atoms with Crippen LogP contribution in [-0.2, 0) is 15.5 Å². The van der Waals surface area contributed by atoms with Gasteiger partial charge in [-0.15, -0.1) is 11.3 Å². The van der Waals surface area contributed by atoms with Crippen molar-refractivity contribution in [3.63, 3.8) is 0 Å². The summed E-state index contributed by atoms with van der Waals surface area (Å²) in [7, 11) is 0. The molecule has 102 valence electrons. The molecule has 0 fully saturated rings.